The van der Waals surface area contributed by atoms with E-state index in [0.29, 0.717) is 40.6 Å². The van der Waals surface area contributed by atoms with Gasteiger partial charge in [0, 0.05) is 34.5 Å². The Kier molecular flexibility index (Phi) is 7.92. The van der Waals surface area contributed by atoms with Crippen LogP contribution in [-0.4, -0.2) is 35.8 Å². The van der Waals surface area contributed by atoms with Crippen LogP contribution in [0.25, 0.3) is 6.08 Å². The Morgan fingerprint density at radius 2 is 1.94 bits per heavy atom. The number of carbonyl (C=O) groups is 1. The summed E-state index contributed by atoms with van der Waals surface area (Å²) in [5.74, 6) is -0.944. The van der Waals surface area contributed by atoms with Gasteiger partial charge in [0.25, 0.3) is 0 Å². The van der Waals surface area contributed by atoms with Gasteiger partial charge in [0.15, 0.2) is 5.78 Å². The average Bonchev–Trinajstić information content (AvgIpc) is 2.74. The zero-order chi connectivity index (χ0) is 22.6. The molecule has 0 saturated carbocycles. The number of piperidine rings is 1. The summed E-state index contributed by atoms with van der Waals surface area (Å²) in [6.07, 6.45) is 1.38. The average molecular weight is 464 g/mol. The topological polar surface area (TPSA) is 49.3 Å². The zero-order valence-electron chi connectivity index (χ0n) is 17.8. The largest absolute Gasteiger partial charge is 0.386 e. The summed E-state index contributed by atoms with van der Waals surface area (Å²) in [7, 11) is 0. The molecule has 1 heterocycles. The highest BCUT2D eigenvalue weighted by Crippen LogP contribution is 2.43. The lowest BCUT2D eigenvalue weighted by Crippen LogP contribution is -2.56. The van der Waals surface area contributed by atoms with Gasteiger partial charge >= 0.3 is 0 Å². The Bertz CT molecular complexity index is 960. The molecule has 31 heavy (non-hydrogen) atoms. The fourth-order valence-electron chi connectivity index (χ4n) is 4.20. The third-order valence-corrected chi connectivity index (χ3v) is 6.42. The van der Waals surface area contributed by atoms with Crippen LogP contribution in [0.2, 0.25) is 10.0 Å². The number of aliphatic hydroxyl groups is 1. The first-order valence-corrected chi connectivity index (χ1v) is 11.4. The minimum Gasteiger partial charge on any atom is -0.386 e. The fourth-order valence-corrected chi connectivity index (χ4v) is 4.51. The van der Waals surface area contributed by atoms with E-state index in [2.05, 4.69) is 5.32 Å². The smallest absolute Gasteiger partial charge is 0.159 e. The number of benzene rings is 2. The van der Waals surface area contributed by atoms with Crippen LogP contribution in [-0.2, 0) is 4.79 Å². The number of nitrogens with one attached hydrogen (secondary N) is 1. The molecular formula is C25H28Cl2FNO2. The molecule has 1 fully saturated rings. The quantitative estimate of drug-likeness (QED) is 0.502. The van der Waals surface area contributed by atoms with Gasteiger partial charge in [-0.3, -0.25) is 4.79 Å². The van der Waals surface area contributed by atoms with E-state index < -0.39 is 17.7 Å². The van der Waals surface area contributed by atoms with Gasteiger partial charge in [-0.05, 0) is 73.3 Å². The number of hydrogen-bond donors (Lipinski definition) is 2. The van der Waals surface area contributed by atoms with E-state index in [-0.39, 0.29) is 18.7 Å². The van der Waals surface area contributed by atoms with Gasteiger partial charge in [-0.15, -0.1) is 0 Å². The van der Waals surface area contributed by atoms with Crippen molar-refractivity contribution < 1.29 is 14.3 Å². The molecule has 6 heteroatoms. The van der Waals surface area contributed by atoms with Gasteiger partial charge in [0.05, 0.1) is 0 Å². The van der Waals surface area contributed by atoms with Crippen LogP contribution in [0.3, 0.4) is 0 Å². The SMILES string of the molecule is CCCC(=O)/C(=C\c1cc(Cl)ccc1C)C(c1ccc(Cl)cc1)C1(O)CCNCC1F. The minimum atomic E-state index is -1.72. The molecule has 3 rings (SSSR count). The van der Waals surface area contributed by atoms with E-state index in [1.165, 1.54) is 0 Å². The lowest BCUT2D eigenvalue weighted by molar-refractivity contribution is -0.118. The van der Waals surface area contributed by atoms with Gasteiger partial charge in [-0.25, -0.2) is 4.39 Å². The van der Waals surface area contributed by atoms with E-state index in [4.69, 9.17) is 23.2 Å². The predicted octanol–water partition coefficient (Wildman–Crippen LogP) is 5.90. The number of aryl methyl sites for hydroxylation is 1. The summed E-state index contributed by atoms with van der Waals surface area (Å²) < 4.78 is 15.2. The standard InChI is InChI=1S/C25H28Cl2FNO2/c1-3-4-22(30)21(14-18-13-20(27)8-5-16(18)2)24(17-6-9-19(26)10-7-17)25(31)11-12-29-15-23(25)28/h5-10,13-14,23-24,29,31H,3-4,11-12,15H2,1-2H3/b21-14+. The molecule has 0 bridgehead atoms. The summed E-state index contributed by atoms with van der Waals surface area (Å²) in [5, 5.41) is 15.7. The van der Waals surface area contributed by atoms with Crippen molar-refractivity contribution in [3.63, 3.8) is 0 Å². The normalized spacial score (nSPS) is 22.9. The maximum Gasteiger partial charge on any atom is 0.159 e. The molecule has 3 unspecified atom stereocenters. The van der Waals surface area contributed by atoms with Crippen molar-refractivity contribution in [1.29, 1.82) is 0 Å². The summed E-state index contributed by atoms with van der Waals surface area (Å²) in [5.41, 5.74) is 1.04. The van der Waals surface area contributed by atoms with E-state index in [9.17, 15) is 9.90 Å². The molecule has 0 aliphatic carbocycles. The zero-order valence-corrected chi connectivity index (χ0v) is 19.3. The molecule has 3 atom stereocenters. The van der Waals surface area contributed by atoms with Crippen molar-refractivity contribution in [2.24, 2.45) is 0 Å². The molecule has 0 radical (unpaired) electrons. The lowest BCUT2D eigenvalue weighted by Gasteiger charge is -2.43. The number of alkyl halides is 1. The van der Waals surface area contributed by atoms with Gasteiger partial charge in [0.1, 0.15) is 11.8 Å². The second kappa shape index (κ2) is 10.3. The van der Waals surface area contributed by atoms with E-state index >= 15 is 4.39 Å². The van der Waals surface area contributed by atoms with Crippen molar-refractivity contribution in [1.82, 2.24) is 5.32 Å². The molecule has 2 aromatic carbocycles. The predicted molar refractivity (Wildman–Crippen MR) is 126 cm³/mol. The van der Waals surface area contributed by atoms with Crippen LogP contribution in [0.15, 0.2) is 48.0 Å². The molecule has 2 aromatic rings. The fraction of sp³-hybridized carbons (Fsp3) is 0.400. The molecule has 1 saturated heterocycles. The maximum absolute atomic E-state index is 15.2. The Hall–Kier alpha value is -1.72. The molecule has 0 aromatic heterocycles. The highest BCUT2D eigenvalue weighted by molar-refractivity contribution is 6.31. The number of ketones is 1. The Morgan fingerprint density at radius 1 is 1.26 bits per heavy atom. The maximum atomic E-state index is 15.2. The van der Waals surface area contributed by atoms with Crippen LogP contribution >= 0.6 is 23.2 Å². The first kappa shape index (κ1) is 23.9. The molecule has 166 valence electrons. The highest BCUT2D eigenvalue weighted by atomic mass is 35.5. The summed E-state index contributed by atoms with van der Waals surface area (Å²) in [6, 6.07) is 12.4. The summed E-state index contributed by atoms with van der Waals surface area (Å²) in [4.78, 5) is 13.3. The highest BCUT2D eigenvalue weighted by Gasteiger charge is 2.49. The van der Waals surface area contributed by atoms with Crippen molar-refractivity contribution in [3.05, 3.63) is 74.8 Å². The van der Waals surface area contributed by atoms with Crippen LogP contribution in [0.5, 0.6) is 0 Å². The Morgan fingerprint density at radius 3 is 2.58 bits per heavy atom. The first-order valence-electron chi connectivity index (χ1n) is 10.6. The minimum absolute atomic E-state index is 0.0338. The van der Waals surface area contributed by atoms with Crippen LogP contribution in [0.4, 0.5) is 4.39 Å². The molecular weight excluding hydrogens is 436 g/mol. The number of rotatable bonds is 7. The van der Waals surface area contributed by atoms with Crippen molar-refractivity contribution in [2.45, 2.75) is 50.8 Å². The number of halogens is 3. The molecule has 0 amide bonds. The second-order valence-electron chi connectivity index (χ2n) is 8.17. The monoisotopic (exact) mass is 463 g/mol. The second-order valence-corrected chi connectivity index (χ2v) is 9.04. The third-order valence-electron chi connectivity index (χ3n) is 5.93. The molecule has 0 spiro atoms. The van der Waals surface area contributed by atoms with Crippen LogP contribution in [0.1, 0.15) is 48.8 Å². The number of Topliss-reactive ketones (excluding diaryl/α,β-unsaturated/α-hetero) is 1. The summed E-state index contributed by atoms with van der Waals surface area (Å²) in [6.45, 7) is 4.35. The van der Waals surface area contributed by atoms with Gasteiger partial charge < -0.3 is 10.4 Å². The van der Waals surface area contributed by atoms with Crippen molar-refractivity contribution >= 4 is 35.1 Å². The molecule has 3 nitrogen and oxygen atoms in total. The number of hydrogen-bond acceptors (Lipinski definition) is 3. The van der Waals surface area contributed by atoms with Gasteiger partial charge in [-0.1, -0.05) is 48.3 Å². The lowest BCUT2D eigenvalue weighted by atomic mass is 9.69. The van der Waals surface area contributed by atoms with Gasteiger partial charge in [0.2, 0.25) is 0 Å². The molecule has 1 aliphatic heterocycles. The van der Waals surface area contributed by atoms with E-state index in [1.807, 2.05) is 19.9 Å². The van der Waals surface area contributed by atoms with Gasteiger partial charge in [-0.2, -0.15) is 0 Å². The van der Waals surface area contributed by atoms with Crippen molar-refractivity contribution in [3.8, 4) is 0 Å². The molecule has 2 N–H and O–H groups in total. The van der Waals surface area contributed by atoms with Crippen molar-refractivity contribution in [2.75, 3.05) is 13.1 Å². The Balaban J connectivity index is 2.24. The van der Waals surface area contributed by atoms with E-state index in [1.54, 1.807) is 42.5 Å². The van der Waals surface area contributed by atoms with Crippen LogP contribution in [0, 0.1) is 6.92 Å². The first-order chi connectivity index (χ1) is 14.8. The Labute approximate surface area is 193 Å². The summed E-state index contributed by atoms with van der Waals surface area (Å²) >= 11 is 12.3. The molecule has 1 aliphatic rings. The van der Waals surface area contributed by atoms with Crippen LogP contribution < -0.4 is 5.32 Å². The van der Waals surface area contributed by atoms with E-state index in [0.717, 1.165) is 11.1 Å². The third kappa shape index (κ3) is 5.38. The number of carbonyl (C=O) groups excluding carboxylic acids is 1.